The molecule has 0 aliphatic carbocycles. The number of hydrogen-bond acceptors (Lipinski definition) is 6. The molecule has 34 heavy (non-hydrogen) atoms. The molecule has 0 amide bonds. The van der Waals surface area contributed by atoms with Gasteiger partial charge in [0.15, 0.2) is 11.4 Å². The van der Waals surface area contributed by atoms with Gasteiger partial charge in [-0.3, -0.25) is 9.20 Å². The minimum atomic E-state index is -1.02. The van der Waals surface area contributed by atoms with Crippen LogP contribution in [0.15, 0.2) is 41.3 Å². The lowest BCUT2D eigenvalue weighted by Crippen LogP contribution is -2.39. The molecule has 4 rings (SSSR count). The largest absolute Gasteiger partial charge is 0.478 e. The van der Waals surface area contributed by atoms with E-state index in [1.165, 1.54) is 4.40 Å². The number of carboxylic acid groups (broad SMARTS) is 1. The number of rotatable bonds is 5. The van der Waals surface area contributed by atoms with E-state index in [0.29, 0.717) is 17.2 Å². The fourth-order valence-electron chi connectivity index (χ4n) is 4.47. The summed E-state index contributed by atoms with van der Waals surface area (Å²) in [6.07, 6.45) is 3.59. The summed E-state index contributed by atoms with van der Waals surface area (Å²) < 4.78 is 1.43. The molecular weight excluding hydrogens is 430 g/mol. The van der Waals surface area contributed by atoms with Gasteiger partial charge in [0.05, 0.1) is 11.6 Å². The summed E-state index contributed by atoms with van der Waals surface area (Å²) in [5.41, 5.74) is 2.57. The van der Waals surface area contributed by atoms with Crippen molar-refractivity contribution in [1.82, 2.24) is 9.38 Å². The highest BCUT2D eigenvalue weighted by molar-refractivity contribution is 5.94. The number of para-hydroxylation sites is 1. The number of nitrogens with zero attached hydrogens (tertiary/aromatic N) is 4. The summed E-state index contributed by atoms with van der Waals surface area (Å²) >= 11 is 0. The van der Waals surface area contributed by atoms with Crippen molar-refractivity contribution in [3.05, 3.63) is 69.1 Å². The number of piperidine rings is 1. The summed E-state index contributed by atoms with van der Waals surface area (Å²) in [6, 6.07) is 10.4. The average Bonchev–Trinajstić information content (AvgIpc) is 2.79. The Morgan fingerprint density at radius 2 is 1.94 bits per heavy atom. The van der Waals surface area contributed by atoms with Crippen LogP contribution in [0, 0.1) is 23.7 Å². The topological polar surface area (TPSA) is 111 Å². The molecule has 1 aromatic carbocycles. The van der Waals surface area contributed by atoms with Gasteiger partial charge >= 0.3 is 5.97 Å². The Balaban J connectivity index is 1.83. The summed E-state index contributed by atoms with van der Waals surface area (Å²) in [5.74, 6) is -0.598. The van der Waals surface area contributed by atoms with E-state index >= 15 is 0 Å². The highest BCUT2D eigenvalue weighted by Gasteiger charge is 2.29. The second-order valence-corrected chi connectivity index (χ2v) is 9.76. The Morgan fingerprint density at radius 3 is 2.59 bits per heavy atom. The van der Waals surface area contributed by atoms with Crippen molar-refractivity contribution in [2.24, 2.45) is 5.41 Å². The van der Waals surface area contributed by atoms with E-state index in [4.69, 9.17) is 4.98 Å². The molecule has 3 aromatic rings. The van der Waals surface area contributed by atoms with Gasteiger partial charge in [0.25, 0.3) is 5.56 Å². The number of aromatic carboxylic acids is 1. The molecule has 1 atom stereocenters. The van der Waals surface area contributed by atoms with Crippen LogP contribution in [0.2, 0.25) is 0 Å². The molecule has 3 heterocycles. The van der Waals surface area contributed by atoms with Crippen LogP contribution in [0.4, 0.5) is 11.5 Å². The number of aryl methyl sites for hydroxylation is 1. The molecule has 176 valence electrons. The van der Waals surface area contributed by atoms with E-state index in [2.05, 4.69) is 25.2 Å². The molecule has 0 unspecified atom stereocenters. The van der Waals surface area contributed by atoms with Crippen molar-refractivity contribution in [1.29, 1.82) is 5.26 Å². The van der Waals surface area contributed by atoms with Crippen molar-refractivity contribution >= 4 is 23.1 Å². The predicted molar refractivity (Wildman–Crippen MR) is 132 cm³/mol. The maximum absolute atomic E-state index is 13.4. The number of hydrogen-bond donors (Lipinski definition) is 2. The van der Waals surface area contributed by atoms with Crippen LogP contribution < -0.4 is 15.8 Å². The summed E-state index contributed by atoms with van der Waals surface area (Å²) in [5, 5.41) is 22.6. The van der Waals surface area contributed by atoms with Gasteiger partial charge in [-0.2, -0.15) is 5.26 Å². The highest BCUT2D eigenvalue weighted by Crippen LogP contribution is 2.33. The van der Waals surface area contributed by atoms with Crippen LogP contribution in [-0.2, 0) is 0 Å². The van der Waals surface area contributed by atoms with Gasteiger partial charge in [0.1, 0.15) is 11.7 Å². The SMILES string of the molecule is Cc1cc([C@@H](C)Nc2ccccc2C(=O)O)c2nc(N3CCC(C)(C)CC3)c(C#N)c(=O)n2c1. The number of pyridine rings is 1. The number of nitrogens with one attached hydrogen (secondary N) is 1. The first-order valence-corrected chi connectivity index (χ1v) is 11.4. The van der Waals surface area contributed by atoms with Crippen LogP contribution in [0.5, 0.6) is 0 Å². The maximum Gasteiger partial charge on any atom is 0.337 e. The van der Waals surface area contributed by atoms with Gasteiger partial charge in [-0.05, 0) is 55.9 Å². The Bertz CT molecular complexity index is 1360. The second-order valence-electron chi connectivity index (χ2n) is 9.76. The molecule has 2 aromatic heterocycles. The number of benzene rings is 1. The standard InChI is InChI=1S/C26H29N5O3/c1-16-13-19(17(2)28-21-8-6-5-7-18(21)25(33)34)23-29-22(20(14-27)24(32)31(23)15-16)30-11-9-26(3,4)10-12-30/h5-8,13,15,17,28H,9-12H2,1-4H3,(H,33,34)/t17-/m1/s1. The Hall–Kier alpha value is -3.86. The predicted octanol–water partition coefficient (Wildman–Crippen LogP) is 4.37. The first-order valence-electron chi connectivity index (χ1n) is 11.4. The van der Waals surface area contributed by atoms with Gasteiger partial charge in [-0.15, -0.1) is 0 Å². The van der Waals surface area contributed by atoms with Gasteiger partial charge in [0.2, 0.25) is 0 Å². The molecule has 0 saturated carbocycles. The quantitative estimate of drug-likeness (QED) is 0.583. The lowest BCUT2D eigenvalue weighted by molar-refractivity contribution is 0.0698. The first kappa shape index (κ1) is 23.3. The lowest BCUT2D eigenvalue weighted by atomic mass is 9.82. The van der Waals surface area contributed by atoms with Crippen molar-refractivity contribution in [3.63, 3.8) is 0 Å². The maximum atomic E-state index is 13.4. The highest BCUT2D eigenvalue weighted by atomic mass is 16.4. The second kappa shape index (κ2) is 8.82. The number of anilines is 2. The minimum Gasteiger partial charge on any atom is -0.478 e. The fraction of sp³-hybridized carbons (Fsp3) is 0.385. The number of aromatic nitrogens is 2. The van der Waals surface area contributed by atoms with E-state index < -0.39 is 11.5 Å². The Labute approximate surface area is 198 Å². The van der Waals surface area contributed by atoms with Gasteiger partial charge in [0, 0.05) is 30.5 Å². The van der Waals surface area contributed by atoms with Gasteiger partial charge < -0.3 is 15.3 Å². The van der Waals surface area contributed by atoms with Crippen LogP contribution in [0.3, 0.4) is 0 Å². The van der Waals surface area contributed by atoms with Crippen molar-refractivity contribution in [2.75, 3.05) is 23.3 Å². The summed E-state index contributed by atoms with van der Waals surface area (Å²) in [6.45, 7) is 9.68. The molecule has 0 radical (unpaired) electrons. The number of carboxylic acids is 1. The van der Waals surface area contributed by atoms with Gasteiger partial charge in [-0.25, -0.2) is 9.78 Å². The molecule has 0 bridgehead atoms. The zero-order valence-electron chi connectivity index (χ0n) is 19.9. The van der Waals surface area contributed by atoms with Crippen LogP contribution >= 0.6 is 0 Å². The molecule has 8 heteroatoms. The molecule has 1 fully saturated rings. The molecule has 0 spiro atoms. The van der Waals surface area contributed by atoms with Crippen LogP contribution in [0.25, 0.3) is 5.65 Å². The van der Waals surface area contributed by atoms with E-state index in [1.807, 2.05) is 24.8 Å². The fourth-order valence-corrected chi connectivity index (χ4v) is 4.47. The third-order valence-electron chi connectivity index (χ3n) is 6.59. The summed E-state index contributed by atoms with van der Waals surface area (Å²) in [7, 11) is 0. The lowest BCUT2D eigenvalue weighted by Gasteiger charge is -2.37. The van der Waals surface area contributed by atoms with Gasteiger partial charge in [-0.1, -0.05) is 26.0 Å². The third-order valence-corrected chi connectivity index (χ3v) is 6.59. The minimum absolute atomic E-state index is 0.0468. The molecule has 2 N–H and O–H groups in total. The van der Waals surface area contributed by atoms with Crippen molar-refractivity contribution in [3.8, 4) is 6.07 Å². The molecule has 1 aliphatic heterocycles. The van der Waals surface area contributed by atoms with E-state index in [-0.39, 0.29) is 22.6 Å². The molecular formula is C26H29N5O3. The molecule has 8 nitrogen and oxygen atoms in total. The third kappa shape index (κ3) is 4.34. The average molecular weight is 460 g/mol. The van der Waals surface area contributed by atoms with Crippen LogP contribution in [-0.4, -0.2) is 33.6 Å². The first-order chi connectivity index (χ1) is 16.1. The van der Waals surface area contributed by atoms with E-state index in [9.17, 15) is 20.0 Å². The summed E-state index contributed by atoms with van der Waals surface area (Å²) in [4.78, 5) is 31.9. The molecule has 1 saturated heterocycles. The number of nitriles is 1. The van der Waals surface area contributed by atoms with Crippen LogP contribution in [0.1, 0.15) is 66.7 Å². The number of carbonyl (C=O) groups is 1. The normalized spacial score (nSPS) is 16.1. The Morgan fingerprint density at radius 1 is 1.26 bits per heavy atom. The monoisotopic (exact) mass is 459 g/mol. The number of fused-ring (bicyclic) bond motifs is 1. The van der Waals surface area contributed by atoms with E-state index in [0.717, 1.165) is 37.1 Å². The Kier molecular flexibility index (Phi) is 6.05. The smallest absolute Gasteiger partial charge is 0.337 e. The zero-order chi connectivity index (χ0) is 24.6. The van der Waals surface area contributed by atoms with E-state index in [1.54, 1.807) is 30.5 Å². The zero-order valence-corrected chi connectivity index (χ0v) is 19.9. The van der Waals surface area contributed by atoms with Crippen molar-refractivity contribution < 1.29 is 9.90 Å². The molecule has 1 aliphatic rings. The van der Waals surface area contributed by atoms with Crippen molar-refractivity contribution in [2.45, 2.75) is 46.6 Å².